The Labute approximate surface area is 63.8 Å². The van der Waals surface area contributed by atoms with Crippen LogP contribution in [0.5, 0.6) is 0 Å². The van der Waals surface area contributed by atoms with E-state index in [1.54, 1.807) is 30.3 Å². The molecule has 1 amide bonds. The molecule has 1 rings (SSSR count). The zero-order chi connectivity index (χ0) is 8.27. The van der Waals surface area contributed by atoms with Gasteiger partial charge in [0.15, 0.2) is 0 Å². The lowest BCUT2D eigenvalue weighted by Gasteiger charge is -1.92. The predicted molar refractivity (Wildman–Crippen MR) is 40.0 cm³/mol. The summed E-state index contributed by atoms with van der Waals surface area (Å²) in [6, 6.07) is 8.21. The maximum atomic E-state index is 10.9. The van der Waals surface area contributed by atoms with Crippen molar-refractivity contribution >= 4 is 11.7 Å². The molecule has 0 aliphatic rings. The van der Waals surface area contributed by atoms with E-state index < -0.39 is 11.7 Å². The number of hydrogen-bond donors (Lipinski definition) is 1. The maximum Gasteiger partial charge on any atom is 0.289 e. The Hall–Kier alpha value is -1.64. The molecule has 2 N–H and O–H groups in total. The molecule has 11 heavy (non-hydrogen) atoms. The van der Waals surface area contributed by atoms with Gasteiger partial charge in [0.05, 0.1) is 0 Å². The summed E-state index contributed by atoms with van der Waals surface area (Å²) in [5, 5.41) is 0. The van der Waals surface area contributed by atoms with Crippen LogP contribution >= 0.6 is 0 Å². The van der Waals surface area contributed by atoms with Crippen LogP contribution in [-0.4, -0.2) is 11.7 Å². The molecule has 0 aromatic heterocycles. The summed E-state index contributed by atoms with van der Waals surface area (Å²) in [6.07, 6.45) is 0. The first-order chi connectivity index (χ1) is 5.22. The van der Waals surface area contributed by atoms with Gasteiger partial charge in [-0.1, -0.05) is 30.3 Å². The van der Waals surface area contributed by atoms with E-state index in [4.69, 9.17) is 5.73 Å². The Bertz CT molecular complexity index is 279. The molecule has 0 aliphatic heterocycles. The van der Waals surface area contributed by atoms with Crippen molar-refractivity contribution in [2.75, 3.05) is 0 Å². The fraction of sp³-hybridized carbons (Fsp3) is 0. The van der Waals surface area contributed by atoms with Crippen LogP contribution in [0.1, 0.15) is 10.4 Å². The molecule has 3 heteroatoms. The summed E-state index contributed by atoms with van der Waals surface area (Å²) in [5.41, 5.74) is 5.11. The van der Waals surface area contributed by atoms with Gasteiger partial charge in [0, 0.05) is 5.56 Å². The van der Waals surface area contributed by atoms with E-state index in [2.05, 4.69) is 0 Å². The zero-order valence-electron chi connectivity index (χ0n) is 5.78. The second kappa shape index (κ2) is 2.96. The van der Waals surface area contributed by atoms with Crippen molar-refractivity contribution in [2.24, 2.45) is 5.73 Å². The van der Waals surface area contributed by atoms with E-state index in [-0.39, 0.29) is 0 Å². The van der Waals surface area contributed by atoms with E-state index in [9.17, 15) is 9.59 Å². The minimum atomic E-state index is -0.920. The molecule has 0 aliphatic carbocycles. The minimum Gasteiger partial charge on any atom is -0.363 e. The van der Waals surface area contributed by atoms with Crippen LogP contribution in [-0.2, 0) is 4.79 Å². The molecule has 0 bridgehead atoms. The summed E-state index contributed by atoms with van der Waals surface area (Å²) >= 11 is 0. The van der Waals surface area contributed by atoms with Crippen LogP contribution in [0, 0.1) is 0 Å². The van der Waals surface area contributed by atoms with Gasteiger partial charge in [-0.25, -0.2) is 0 Å². The lowest BCUT2D eigenvalue weighted by Crippen LogP contribution is -2.22. The highest BCUT2D eigenvalue weighted by Gasteiger charge is 2.09. The van der Waals surface area contributed by atoms with E-state index in [1.807, 2.05) is 0 Å². The number of Topliss-reactive ketones (excluding diaryl/α,β-unsaturated/α-hetero) is 1. The van der Waals surface area contributed by atoms with E-state index in [1.165, 1.54) is 0 Å². The molecule has 0 spiro atoms. The highest BCUT2D eigenvalue weighted by molar-refractivity contribution is 6.42. The third-order valence-electron chi connectivity index (χ3n) is 1.26. The van der Waals surface area contributed by atoms with Crippen LogP contribution < -0.4 is 5.73 Å². The third kappa shape index (κ3) is 1.64. The average molecular weight is 149 g/mol. The molecule has 0 heterocycles. The van der Waals surface area contributed by atoms with Crippen molar-refractivity contribution in [3.8, 4) is 0 Å². The molecule has 0 saturated heterocycles. The fourth-order valence-corrected chi connectivity index (χ4v) is 0.732. The van der Waals surface area contributed by atoms with Gasteiger partial charge in [-0.15, -0.1) is 0 Å². The first-order valence-electron chi connectivity index (χ1n) is 3.11. The van der Waals surface area contributed by atoms with Gasteiger partial charge in [-0.05, 0) is 0 Å². The number of benzene rings is 1. The highest BCUT2D eigenvalue weighted by Crippen LogP contribution is 1.98. The van der Waals surface area contributed by atoms with Gasteiger partial charge in [0.2, 0.25) is 5.78 Å². The van der Waals surface area contributed by atoms with Crippen LogP contribution in [0.2, 0.25) is 0 Å². The molecule has 0 fully saturated rings. The van der Waals surface area contributed by atoms with Crippen molar-refractivity contribution in [1.29, 1.82) is 0 Å². The second-order valence-corrected chi connectivity index (χ2v) is 2.06. The van der Waals surface area contributed by atoms with Crippen LogP contribution in [0.25, 0.3) is 0 Å². The smallest absolute Gasteiger partial charge is 0.289 e. The van der Waals surface area contributed by atoms with Crippen LogP contribution in [0.4, 0.5) is 0 Å². The number of carbonyl (C=O) groups excluding carboxylic acids is 2. The summed E-state index contributed by atoms with van der Waals surface area (Å²) in [6.45, 7) is 0. The van der Waals surface area contributed by atoms with E-state index in [0.717, 1.165) is 0 Å². The largest absolute Gasteiger partial charge is 0.363 e. The van der Waals surface area contributed by atoms with Crippen molar-refractivity contribution in [2.45, 2.75) is 0 Å². The minimum absolute atomic E-state index is 0.333. The molecule has 3 nitrogen and oxygen atoms in total. The first kappa shape index (κ1) is 7.47. The lowest BCUT2D eigenvalue weighted by atomic mass is 10.1. The van der Waals surface area contributed by atoms with Crippen molar-refractivity contribution in [3.63, 3.8) is 0 Å². The van der Waals surface area contributed by atoms with Crippen molar-refractivity contribution in [1.82, 2.24) is 0 Å². The molecular weight excluding hydrogens is 142 g/mol. The standard InChI is InChI=1S/C8H7NO2/c9-8(11)7(10)6-4-2-1-3-5-6/h1-5H,(H2,9,11). The second-order valence-electron chi connectivity index (χ2n) is 2.06. The lowest BCUT2D eigenvalue weighted by molar-refractivity contribution is -0.114. The fourth-order valence-electron chi connectivity index (χ4n) is 0.732. The number of amides is 1. The molecule has 0 atom stereocenters. The van der Waals surface area contributed by atoms with Gasteiger partial charge in [-0.3, -0.25) is 9.59 Å². The number of nitrogens with two attached hydrogens (primary N) is 1. The van der Waals surface area contributed by atoms with Crippen LogP contribution in [0.15, 0.2) is 30.3 Å². The third-order valence-corrected chi connectivity index (χ3v) is 1.26. The SMILES string of the molecule is NC(=O)C(=O)c1ccccc1. The molecule has 0 unspecified atom stereocenters. The normalized spacial score (nSPS) is 9.09. The monoisotopic (exact) mass is 149 g/mol. The number of carbonyl (C=O) groups is 2. The van der Waals surface area contributed by atoms with Crippen molar-refractivity contribution < 1.29 is 9.59 Å². The first-order valence-corrected chi connectivity index (χ1v) is 3.11. The van der Waals surface area contributed by atoms with Gasteiger partial charge in [-0.2, -0.15) is 0 Å². The summed E-state index contributed by atoms with van der Waals surface area (Å²) in [4.78, 5) is 21.2. The molecule has 0 saturated carbocycles. The molecule has 0 radical (unpaired) electrons. The molecule has 1 aromatic rings. The highest BCUT2D eigenvalue weighted by atomic mass is 16.2. The zero-order valence-corrected chi connectivity index (χ0v) is 5.78. The molecular formula is C8H7NO2. The predicted octanol–water partition coefficient (Wildman–Crippen LogP) is 0.355. The average Bonchev–Trinajstić information content (AvgIpc) is 2.05. The Morgan fingerprint density at radius 2 is 1.64 bits per heavy atom. The van der Waals surface area contributed by atoms with E-state index >= 15 is 0 Å². The molecule has 1 aromatic carbocycles. The Morgan fingerprint density at radius 3 is 2.09 bits per heavy atom. The quantitative estimate of drug-likeness (QED) is 0.487. The number of rotatable bonds is 2. The Kier molecular flexibility index (Phi) is 2.01. The Balaban J connectivity index is 2.95. The number of primary amides is 1. The van der Waals surface area contributed by atoms with Gasteiger partial charge in [0.25, 0.3) is 5.91 Å². The molecule has 56 valence electrons. The van der Waals surface area contributed by atoms with Gasteiger partial charge >= 0.3 is 0 Å². The van der Waals surface area contributed by atoms with Crippen LogP contribution in [0.3, 0.4) is 0 Å². The Morgan fingerprint density at radius 1 is 1.09 bits per heavy atom. The van der Waals surface area contributed by atoms with Crippen molar-refractivity contribution in [3.05, 3.63) is 35.9 Å². The van der Waals surface area contributed by atoms with E-state index in [0.29, 0.717) is 5.56 Å². The number of ketones is 1. The summed E-state index contributed by atoms with van der Waals surface area (Å²) < 4.78 is 0. The number of hydrogen-bond acceptors (Lipinski definition) is 2. The van der Waals surface area contributed by atoms with Gasteiger partial charge in [0.1, 0.15) is 0 Å². The summed E-state index contributed by atoms with van der Waals surface area (Å²) in [5.74, 6) is -1.57. The maximum absolute atomic E-state index is 10.9. The van der Waals surface area contributed by atoms with Gasteiger partial charge < -0.3 is 5.73 Å². The summed E-state index contributed by atoms with van der Waals surface area (Å²) in [7, 11) is 0. The topological polar surface area (TPSA) is 60.2 Å².